The summed E-state index contributed by atoms with van der Waals surface area (Å²) in [5.41, 5.74) is 13.7. The van der Waals surface area contributed by atoms with E-state index in [1.165, 1.54) is 0 Å². The number of rotatable bonds is 4. The number of nitrogens with two attached hydrogens (primary N) is 2. The third-order valence-corrected chi connectivity index (χ3v) is 3.47. The smallest absolute Gasteiger partial charge is 0.275 e. The minimum absolute atomic E-state index is 0.101. The largest absolute Gasteiger partial charge is 0.369 e. The molecule has 0 atom stereocenters. The van der Waals surface area contributed by atoms with E-state index in [1.807, 2.05) is 36.5 Å². The molecular formula is C17H17N7O. The maximum Gasteiger partial charge on any atom is 0.275 e. The van der Waals surface area contributed by atoms with Crippen molar-refractivity contribution in [2.75, 3.05) is 5.32 Å². The molecule has 8 nitrogen and oxygen atoms in total. The standard InChI is InChI=1S/C17H17N7O/c1-11(22-23-17(18)19)12-5-7-13(8-6-12)20-16(25)14-10-24-9-3-2-4-15(24)21-14/h2-10H,1H3,(H,20,25)(H4,18,19,23)/b22-11-. The highest BCUT2D eigenvalue weighted by Gasteiger charge is 2.11. The van der Waals surface area contributed by atoms with Crippen LogP contribution in [0.3, 0.4) is 0 Å². The summed E-state index contributed by atoms with van der Waals surface area (Å²) in [5, 5.41) is 10.3. The molecule has 2 aromatic heterocycles. The van der Waals surface area contributed by atoms with Gasteiger partial charge in [0.1, 0.15) is 11.3 Å². The minimum Gasteiger partial charge on any atom is -0.369 e. The normalized spacial score (nSPS) is 11.3. The number of carbonyl (C=O) groups is 1. The third-order valence-electron chi connectivity index (χ3n) is 3.47. The molecular weight excluding hydrogens is 318 g/mol. The van der Waals surface area contributed by atoms with Crippen molar-refractivity contribution in [1.82, 2.24) is 9.38 Å². The third kappa shape index (κ3) is 3.81. The number of pyridine rings is 1. The van der Waals surface area contributed by atoms with Gasteiger partial charge in [-0.25, -0.2) is 4.98 Å². The zero-order valence-corrected chi connectivity index (χ0v) is 13.5. The summed E-state index contributed by atoms with van der Waals surface area (Å²) in [6.45, 7) is 1.79. The lowest BCUT2D eigenvalue weighted by Gasteiger charge is -2.04. The molecule has 0 spiro atoms. The van der Waals surface area contributed by atoms with Crippen molar-refractivity contribution in [3.05, 3.63) is 66.1 Å². The van der Waals surface area contributed by atoms with E-state index in [1.54, 1.807) is 29.7 Å². The maximum atomic E-state index is 12.3. The summed E-state index contributed by atoms with van der Waals surface area (Å²) in [5.74, 6) is -0.377. The number of fused-ring (bicyclic) bond motifs is 1. The Morgan fingerprint density at radius 2 is 1.88 bits per heavy atom. The first-order valence-electron chi connectivity index (χ1n) is 7.51. The molecule has 0 aliphatic rings. The van der Waals surface area contributed by atoms with Gasteiger partial charge >= 0.3 is 0 Å². The Morgan fingerprint density at radius 3 is 2.56 bits per heavy atom. The Bertz CT molecular complexity index is 933. The van der Waals surface area contributed by atoms with Crippen molar-refractivity contribution >= 4 is 28.9 Å². The van der Waals surface area contributed by atoms with Gasteiger partial charge in [0.15, 0.2) is 0 Å². The van der Waals surface area contributed by atoms with Crippen molar-refractivity contribution in [2.24, 2.45) is 21.7 Å². The molecule has 5 N–H and O–H groups in total. The number of imidazole rings is 1. The second-order valence-corrected chi connectivity index (χ2v) is 5.33. The number of anilines is 1. The minimum atomic E-state index is -0.276. The summed E-state index contributed by atoms with van der Waals surface area (Å²) in [6.07, 6.45) is 3.53. The van der Waals surface area contributed by atoms with Crippen LogP contribution in [0.2, 0.25) is 0 Å². The number of carbonyl (C=O) groups excluding carboxylic acids is 1. The van der Waals surface area contributed by atoms with Crippen LogP contribution in [0, 0.1) is 0 Å². The predicted molar refractivity (Wildman–Crippen MR) is 97.6 cm³/mol. The average Bonchev–Trinajstić information content (AvgIpc) is 3.04. The fourth-order valence-corrected chi connectivity index (χ4v) is 2.22. The Labute approximate surface area is 143 Å². The van der Waals surface area contributed by atoms with E-state index >= 15 is 0 Å². The van der Waals surface area contributed by atoms with E-state index in [-0.39, 0.29) is 11.9 Å². The van der Waals surface area contributed by atoms with Crippen molar-refractivity contribution in [2.45, 2.75) is 6.92 Å². The lowest BCUT2D eigenvalue weighted by Crippen LogP contribution is -2.22. The van der Waals surface area contributed by atoms with Crippen LogP contribution in [-0.4, -0.2) is 27.0 Å². The fraction of sp³-hybridized carbons (Fsp3) is 0.0588. The van der Waals surface area contributed by atoms with E-state index in [0.717, 1.165) is 11.2 Å². The molecule has 0 bridgehead atoms. The van der Waals surface area contributed by atoms with Crippen LogP contribution in [0.15, 0.2) is 65.1 Å². The monoisotopic (exact) mass is 335 g/mol. The first-order chi connectivity index (χ1) is 12.0. The molecule has 126 valence electrons. The number of guanidine groups is 1. The molecule has 0 radical (unpaired) electrons. The van der Waals surface area contributed by atoms with Gasteiger partial charge in [0.05, 0.1) is 5.71 Å². The lowest BCUT2D eigenvalue weighted by molar-refractivity contribution is 0.102. The van der Waals surface area contributed by atoms with Crippen molar-refractivity contribution in [3.8, 4) is 0 Å². The zero-order valence-electron chi connectivity index (χ0n) is 13.5. The predicted octanol–water partition coefficient (Wildman–Crippen LogP) is 1.58. The zero-order chi connectivity index (χ0) is 17.8. The molecule has 0 unspecified atom stereocenters. The molecule has 3 rings (SSSR count). The van der Waals surface area contributed by atoms with Crippen molar-refractivity contribution < 1.29 is 4.79 Å². The summed E-state index contributed by atoms with van der Waals surface area (Å²) >= 11 is 0. The lowest BCUT2D eigenvalue weighted by atomic mass is 10.1. The SMILES string of the molecule is C/C(=N/N=C(N)N)c1ccc(NC(=O)c2cn3ccccc3n2)cc1. The average molecular weight is 335 g/mol. The van der Waals surface area contributed by atoms with Gasteiger partial charge in [-0.05, 0) is 36.8 Å². The molecule has 0 saturated heterocycles. The molecule has 0 fully saturated rings. The number of benzene rings is 1. The van der Waals surface area contributed by atoms with Crippen LogP contribution in [0.25, 0.3) is 5.65 Å². The highest BCUT2D eigenvalue weighted by molar-refractivity contribution is 6.04. The van der Waals surface area contributed by atoms with E-state index in [2.05, 4.69) is 20.5 Å². The maximum absolute atomic E-state index is 12.3. The van der Waals surface area contributed by atoms with Gasteiger partial charge in [-0.3, -0.25) is 4.79 Å². The van der Waals surface area contributed by atoms with Gasteiger partial charge < -0.3 is 21.2 Å². The number of aromatic nitrogens is 2. The number of nitrogens with zero attached hydrogens (tertiary/aromatic N) is 4. The van der Waals surface area contributed by atoms with Gasteiger partial charge in [-0.15, -0.1) is 5.10 Å². The molecule has 1 aromatic carbocycles. The van der Waals surface area contributed by atoms with Crippen LogP contribution >= 0.6 is 0 Å². The van der Waals surface area contributed by atoms with Gasteiger partial charge in [-0.2, -0.15) is 5.10 Å². The van der Waals surface area contributed by atoms with Crippen LogP contribution < -0.4 is 16.8 Å². The van der Waals surface area contributed by atoms with Crippen LogP contribution in [0.5, 0.6) is 0 Å². The molecule has 3 aromatic rings. The Balaban J connectivity index is 1.73. The van der Waals surface area contributed by atoms with E-state index in [0.29, 0.717) is 17.1 Å². The second-order valence-electron chi connectivity index (χ2n) is 5.33. The molecule has 0 aliphatic heterocycles. The first-order valence-corrected chi connectivity index (χ1v) is 7.51. The molecule has 1 amide bonds. The first kappa shape index (κ1) is 16.2. The van der Waals surface area contributed by atoms with Crippen molar-refractivity contribution in [1.29, 1.82) is 0 Å². The highest BCUT2D eigenvalue weighted by atomic mass is 16.1. The summed E-state index contributed by atoms with van der Waals surface area (Å²) in [4.78, 5) is 16.6. The molecule has 2 heterocycles. The molecule has 0 aliphatic carbocycles. The summed E-state index contributed by atoms with van der Waals surface area (Å²) in [6, 6.07) is 12.8. The van der Waals surface area contributed by atoms with Gasteiger partial charge in [0.25, 0.3) is 5.91 Å². The van der Waals surface area contributed by atoms with Crippen molar-refractivity contribution in [3.63, 3.8) is 0 Å². The number of amides is 1. The van der Waals surface area contributed by atoms with Gasteiger partial charge in [0, 0.05) is 18.1 Å². The summed E-state index contributed by atoms with van der Waals surface area (Å²) < 4.78 is 1.79. The quantitative estimate of drug-likeness (QED) is 0.380. The Kier molecular flexibility index (Phi) is 4.42. The van der Waals surface area contributed by atoms with Crippen LogP contribution in [0.1, 0.15) is 23.0 Å². The number of hydrogen-bond donors (Lipinski definition) is 3. The van der Waals surface area contributed by atoms with Gasteiger partial charge in [0.2, 0.25) is 5.96 Å². The Hall–Kier alpha value is -3.68. The topological polar surface area (TPSA) is 123 Å². The Morgan fingerprint density at radius 1 is 1.12 bits per heavy atom. The van der Waals surface area contributed by atoms with E-state index < -0.39 is 0 Å². The van der Waals surface area contributed by atoms with Gasteiger partial charge in [-0.1, -0.05) is 18.2 Å². The number of hydrogen-bond acceptors (Lipinski definition) is 4. The second kappa shape index (κ2) is 6.83. The summed E-state index contributed by atoms with van der Waals surface area (Å²) in [7, 11) is 0. The number of nitrogens with one attached hydrogen (secondary N) is 1. The van der Waals surface area contributed by atoms with Crippen LogP contribution in [0.4, 0.5) is 5.69 Å². The highest BCUT2D eigenvalue weighted by Crippen LogP contribution is 2.13. The molecule has 8 heteroatoms. The molecule has 25 heavy (non-hydrogen) atoms. The van der Waals surface area contributed by atoms with Crippen LogP contribution in [-0.2, 0) is 0 Å². The van der Waals surface area contributed by atoms with E-state index in [9.17, 15) is 4.79 Å². The van der Waals surface area contributed by atoms with E-state index in [4.69, 9.17) is 11.5 Å². The molecule has 0 saturated carbocycles. The fourth-order valence-electron chi connectivity index (χ4n) is 2.22.